The predicted octanol–water partition coefficient (Wildman–Crippen LogP) is -1.91. The molecule has 1 aliphatic carbocycles. The summed E-state index contributed by atoms with van der Waals surface area (Å²) in [6.07, 6.45) is 1.40. The van der Waals surface area contributed by atoms with Gasteiger partial charge in [-0.05, 0) is 25.0 Å². The smallest absolute Gasteiger partial charge is 0.550 e. The van der Waals surface area contributed by atoms with E-state index in [1.807, 2.05) is 0 Å². The van der Waals surface area contributed by atoms with Crippen molar-refractivity contribution in [3.05, 3.63) is 24.0 Å². The van der Waals surface area contributed by atoms with Crippen molar-refractivity contribution < 1.29 is 53.4 Å². The van der Waals surface area contributed by atoms with E-state index in [-0.39, 0.29) is 41.7 Å². The van der Waals surface area contributed by atoms with E-state index in [1.54, 1.807) is 0 Å². The summed E-state index contributed by atoms with van der Waals surface area (Å²) in [5, 5.41) is 13.5. The number of rotatable bonds is 5. The van der Waals surface area contributed by atoms with Gasteiger partial charge in [-0.1, -0.05) is 6.42 Å². The first-order chi connectivity index (χ1) is 9.47. The Labute approximate surface area is 144 Å². The number of hydrogen-bond donors (Lipinski definition) is 1. The molecule has 1 amide bonds. The number of aliphatic carboxylic acids is 1. The number of carboxylic acids is 1. The van der Waals surface area contributed by atoms with Crippen LogP contribution < -0.4 is 44.7 Å². The van der Waals surface area contributed by atoms with Crippen molar-refractivity contribution in [1.29, 1.82) is 0 Å². The zero-order valence-electron chi connectivity index (χ0n) is 12.1. The van der Waals surface area contributed by atoms with Crippen molar-refractivity contribution in [2.24, 2.45) is 5.41 Å². The van der Waals surface area contributed by atoms with Gasteiger partial charge in [0.25, 0.3) is 0 Å². The molecule has 0 spiro atoms. The molecule has 1 aromatic rings. The molecule has 7 heteroatoms. The fraction of sp³-hybridized carbons (Fsp3) is 0.429. The molecular weight excluding hydrogens is 288 g/mol. The number of nitrogens with one attached hydrogen (secondary N) is 1. The van der Waals surface area contributed by atoms with Crippen molar-refractivity contribution in [3.63, 3.8) is 0 Å². The molecule has 1 saturated carbocycles. The third kappa shape index (κ3) is 3.96. The molecule has 0 atom stereocenters. The van der Waals surface area contributed by atoms with Gasteiger partial charge in [0, 0.05) is 23.9 Å². The summed E-state index contributed by atoms with van der Waals surface area (Å²) in [7, 11) is 1.43. The molecule has 1 N–H and O–H groups in total. The molecule has 0 radical (unpaired) electrons. The summed E-state index contributed by atoms with van der Waals surface area (Å²) in [4.78, 5) is 22.9. The molecule has 1 aliphatic rings. The Kier molecular flexibility index (Phi) is 6.19. The van der Waals surface area contributed by atoms with Crippen molar-refractivity contribution in [3.8, 4) is 5.75 Å². The monoisotopic (exact) mass is 303 g/mol. The van der Waals surface area contributed by atoms with Crippen LogP contribution in [0, 0.1) is 11.2 Å². The number of carboxylic acid groups (broad SMARTS) is 1. The van der Waals surface area contributed by atoms with E-state index in [2.05, 4.69) is 5.32 Å². The van der Waals surface area contributed by atoms with Crippen LogP contribution >= 0.6 is 0 Å². The van der Waals surface area contributed by atoms with Crippen molar-refractivity contribution in [2.75, 3.05) is 12.4 Å². The number of halogens is 1. The first-order valence-electron chi connectivity index (χ1n) is 6.32. The predicted molar refractivity (Wildman–Crippen MR) is 67.5 cm³/mol. The number of hydrogen-bond acceptors (Lipinski definition) is 4. The second-order valence-electron chi connectivity index (χ2n) is 4.99. The molecule has 0 bridgehead atoms. The summed E-state index contributed by atoms with van der Waals surface area (Å²) < 4.78 is 18.5. The Morgan fingerprint density at radius 3 is 2.57 bits per heavy atom. The molecule has 0 saturated heterocycles. The second kappa shape index (κ2) is 7.24. The van der Waals surface area contributed by atoms with Crippen LogP contribution in [-0.4, -0.2) is 19.0 Å². The third-order valence-corrected chi connectivity index (χ3v) is 3.69. The van der Waals surface area contributed by atoms with E-state index in [1.165, 1.54) is 25.3 Å². The number of carbonyl (C=O) groups is 2. The SMILES string of the molecule is COc1ccc(F)c(NC(=O)CC2(C(=O)[O-])CCC2)c1.[Na+]. The number of amides is 1. The fourth-order valence-electron chi connectivity index (χ4n) is 2.29. The molecule has 108 valence electrons. The average molecular weight is 303 g/mol. The van der Waals surface area contributed by atoms with E-state index in [9.17, 15) is 19.1 Å². The van der Waals surface area contributed by atoms with E-state index < -0.39 is 23.1 Å². The van der Waals surface area contributed by atoms with Gasteiger partial charge in [0.1, 0.15) is 11.6 Å². The summed E-state index contributed by atoms with van der Waals surface area (Å²) in [5.41, 5.74) is -1.12. The zero-order valence-corrected chi connectivity index (χ0v) is 14.1. The standard InChI is InChI=1S/C14H16FNO4.Na/c1-20-9-3-4-10(15)11(7-9)16-12(17)8-14(13(18)19)5-2-6-14;/h3-4,7H,2,5-6,8H2,1H3,(H,16,17)(H,18,19);/q;+1/p-1. The van der Waals surface area contributed by atoms with Gasteiger partial charge in [0.15, 0.2) is 0 Å². The summed E-state index contributed by atoms with van der Waals surface area (Å²) >= 11 is 0. The molecular formula is C14H15FNNaO4. The van der Waals surface area contributed by atoms with Gasteiger partial charge >= 0.3 is 29.6 Å². The first-order valence-corrected chi connectivity index (χ1v) is 6.32. The van der Waals surface area contributed by atoms with Crippen LogP contribution in [-0.2, 0) is 9.59 Å². The molecule has 5 nitrogen and oxygen atoms in total. The van der Waals surface area contributed by atoms with Crippen LogP contribution in [0.3, 0.4) is 0 Å². The summed E-state index contributed by atoms with van der Waals surface area (Å²) in [5.74, 6) is -1.96. The number of ether oxygens (including phenoxy) is 1. The van der Waals surface area contributed by atoms with Gasteiger partial charge in [-0.3, -0.25) is 4.79 Å². The summed E-state index contributed by atoms with van der Waals surface area (Å²) in [6, 6.07) is 3.95. The van der Waals surface area contributed by atoms with E-state index in [4.69, 9.17) is 4.74 Å². The maximum atomic E-state index is 13.6. The van der Waals surface area contributed by atoms with Crippen molar-refractivity contribution in [1.82, 2.24) is 0 Å². The molecule has 0 unspecified atom stereocenters. The Morgan fingerprint density at radius 1 is 1.43 bits per heavy atom. The van der Waals surface area contributed by atoms with Gasteiger partial charge in [-0.25, -0.2) is 4.39 Å². The van der Waals surface area contributed by atoms with Gasteiger partial charge in [0.2, 0.25) is 5.91 Å². The minimum atomic E-state index is -1.22. The van der Waals surface area contributed by atoms with Gasteiger partial charge in [-0.15, -0.1) is 0 Å². The Morgan fingerprint density at radius 2 is 2.10 bits per heavy atom. The largest absolute Gasteiger partial charge is 1.00 e. The number of methoxy groups -OCH3 is 1. The van der Waals surface area contributed by atoms with Crippen LogP contribution in [0.15, 0.2) is 18.2 Å². The molecule has 21 heavy (non-hydrogen) atoms. The second-order valence-corrected chi connectivity index (χ2v) is 4.99. The fourth-order valence-corrected chi connectivity index (χ4v) is 2.29. The summed E-state index contributed by atoms with van der Waals surface area (Å²) in [6.45, 7) is 0. The molecule has 0 aliphatic heterocycles. The molecule has 0 aromatic heterocycles. The topological polar surface area (TPSA) is 78.5 Å². The van der Waals surface area contributed by atoms with E-state index in [0.717, 1.165) is 6.42 Å². The zero-order chi connectivity index (χ0) is 14.8. The third-order valence-electron chi connectivity index (χ3n) is 3.69. The Hall–Kier alpha value is -1.11. The minimum absolute atomic E-state index is 0. The number of anilines is 1. The Balaban J connectivity index is 0.00000220. The van der Waals surface area contributed by atoms with E-state index in [0.29, 0.717) is 18.6 Å². The number of benzene rings is 1. The van der Waals surface area contributed by atoms with Crippen LogP contribution in [0.2, 0.25) is 0 Å². The van der Waals surface area contributed by atoms with Gasteiger partial charge < -0.3 is 20.0 Å². The van der Waals surface area contributed by atoms with Crippen LogP contribution in [0.25, 0.3) is 0 Å². The van der Waals surface area contributed by atoms with Crippen molar-refractivity contribution in [2.45, 2.75) is 25.7 Å². The number of carbonyl (C=O) groups excluding carboxylic acids is 2. The molecule has 2 rings (SSSR count). The molecule has 0 heterocycles. The average Bonchev–Trinajstić information content (AvgIpc) is 2.36. The van der Waals surface area contributed by atoms with Crippen LogP contribution in [0.5, 0.6) is 5.75 Å². The molecule has 1 aromatic carbocycles. The quantitative estimate of drug-likeness (QED) is 0.644. The van der Waals surface area contributed by atoms with Crippen LogP contribution in [0.1, 0.15) is 25.7 Å². The van der Waals surface area contributed by atoms with E-state index >= 15 is 0 Å². The normalized spacial score (nSPS) is 15.3. The van der Waals surface area contributed by atoms with Gasteiger partial charge in [-0.2, -0.15) is 0 Å². The van der Waals surface area contributed by atoms with Crippen molar-refractivity contribution >= 4 is 17.6 Å². The Bertz CT molecular complexity index is 546. The maximum absolute atomic E-state index is 13.6. The van der Waals surface area contributed by atoms with Gasteiger partial charge in [0.05, 0.1) is 12.8 Å². The molecule has 1 fully saturated rings. The van der Waals surface area contributed by atoms with Crippen LogP contribution in [0.4, 0.5) is 10.1 Å². The first kappa shape index (κ1) is 17.9. The maximum Gasteiger partial charge on any atom is 1.00 e. The minimum Gasteiger partial charge on any atom is -0.550 e.